The van der Waals surface area contributed by atoms with E-state index in [1.165, 1.54) is 0 Å². The van der Waals surface area contributed by atoms with E-state index < -0.39 is 0 Å². The van der Waals surface area contributed by atoms with Gasteiger partial charge in [-0.25, -0.2) is 0 Å². The number of nitrogens with zero attached hydrogens (tertiary/aromatic N) is 3. The van der Waals surface area contributed by atoms with Gasteiger partial charge in [-0.1, -0.05) is 17.7 Å². The Morgan fingerprint density at radius 2 is 2.00 bits per heavy atom. The minimum absolute atomic E-state index is 0.640. The molecule has 0 saturated carbocycles. The van der Waals surface area contributed by atoms with E-state index in [4.69, 9.17) is 17.3 Å². The molecule has 6 heteroatoms. The van der Waals surface area contributed by atoms with Crippen molar-refractivity contribution in [3.05, 3.63) is 45.4 Å². The summed E-state index contributed by atoms with van der Waals surface area (Å²) in [6, 6.07) is 9.35. The number of benzene rings is 2. The molecule has 3 aromatic rings. The normalized spacial score (nSPS) is 11.1. The third-order valence-corrected chi connectivity index (χ3v) is 4.15. The average molecular weight is 338 g/mol. The number of anilines is 1. The van der Waals surface area contributed by atoms with Gasteiger partial charge in [0.1, 0.15) is 11.0 Å². The summed E-state index contributed by atoms with van der Waals surface area (Å²) >= 11 is 9.55. The molecular formula is C13H10BrClN4. The zero-order chi connectivity index (χ0) is 13.6. The van der Waals surface area contributed by atoms with E-state index >= 15 is 0 Å². The highest BCUT2D eigenvalue weighted by Gasteiger charge is 2.10. The second-order valence-corrected chi connectivity index (χ2v) is 5.46. The molecule has 0 bridgehead atoms. The van der Waals surface area contributed by atoms with E-state index in [-0.39, 0.29) is 0 Å². The number of hydrogen-bond donors (Lipinski definition) is 1. The molecule has 0 aliphatic heterocycles. The molecule has 2 aromatic carbocycles. The van der Waals surface area contributed by atoms with Gasteiger partial charge in [-0.05, 0) is 52.7 Å². The number of aromatic nitrogens is 3. The van der Waals surface area contributed by atoms with Crippen LogP contribution in [0.4, 0.5) is 5.69 Å². The molecule has 1 heterocycles. The largest absolute Gasteiger partial charge is 0.398 e. The summed E-state index contributed by atoms with van der Waals surface area (Å²) in [5.74, 6) is 0. The molecule has 1 aromatic heterocycles. The highest BCUT2D eigenvalue weighted by molar-refractivity contribution is 9.10. The van der Waals surface area contributed by atoms with Gasteiger partial charge in [0, 0.05) is 10.7 Å². The maximum atomic E-state index is 6.12. The minimum Gasteiger partial charge on any atom is -0.398 e. The number of nitrogen functional groups attached to an aromatic ring is 1. The number of hydrogen-bond acceptors (Lipinski definition) is 3. The van der Waals surface area contributed by atoms with E-state index in [0.29, 0.717) is 10.7 Å². The van der Waals surface area contributed by atoms with Crippen molar-refractivity contribution in [2.24, 2.45) is 0 Å². The Labute approximate surface area is 123 Å². The van der Waals surface area contributed by atoms with Crippen LogP contribution in [0.1, 0.15) is 5.56 Å². The van der Waals surface area contributed by atoms with Crippen molar-refractivity contribution in [3.8, 4) is 5.69 Å². The maximum Gasteiger partial charge on any atom is 0.129 e. The van der Waals surface area contributed by atoms with Crippen molar-refractivity contribution in [1.29, 1.82) is 0 Å². The van der Waals surface area contributed by atoms with E-state index in [1.807, 2.05) is 31.2 Å². The van der Waals surface area contributed by atoms with Gasteiger partial charge >= 0.3 is 0 Å². The molecule has 0 spiro atoms. The Bertz CT molecular complexity index is 782. The Kier molecular flexibility index (Phi) is 2.95. The Morgan fingerprint density at radius 3 is 2.74 bits per heavy atom. The number of fused-ring (bicyclic) bond motifs is 1. The van der Waals surface area contributed by atoms with Gasteiger partial charge in [0.15, 0.2) is 0 Å². The van der Waals surface area contributed by atoms with E-state index in [0.717, 1.165) is 26.8 Å². The van der Waals surface area contributed by atoms with Crippen LogP contribution in [0.3, 0.4) is 0 Å². The molecule has 19 heavy (non-hydrogen) atoms. The van der Waals surface area contributed by atoms with Gasteiger partial charge in [-0.3, -0.25) is 0 Å². The fourth-order valence-corrected chi connectivity index (χ4v) is 2.38. The molecule has 2 N–H and O–H groups in total. The number of nitrogens with two attached hydrogens (primary N) is 1. The molecule has 0 saturated heterocycles. The molecule has 0 atom stereocenters. The van der Waals surface area contributed by atoms with Gasteiger partial charge in [0.05, 0.1) is 10.2 Å². The van der Waals surface area contributed by atoms with E-state index in [2.05, 4.69) is 26.1 Å². The quantitative estimate of drug-likeness (QED) is 0.688. The molecule has 0 amide bonds. The first-order valence-electron chi connectivity index (χ1n) is 5.64. The fraction of sp³-hybridized carbons (Fsp3) is 0.0769. The van der Waals surface area contributed by atoms with Gasteiger partial charge in [-0.15, -0.1) is 10.2 Å². The summed E-state index contributed by atoms with van der Waals surface area (Å²) in [5.41, 5.74) is 9.82. The van der Waals surface area contributed by atoms with Crippen molar-refractivity contribution in [3.63, 3.8) is 0 Å². The average Bonchev–Trinajstić information content (AvgIpc) is 2.82. The standard InChI is InChI=1S/C13H10BrClN4/c1-7-2-3-8(6-9(7)15)19-17-11-5-4-10(16)12(14)13(11)18-19/h2-6H,16H2,1H3. The van der Waals surface area contributed by atoms with E-state index in [9.17, 15) is 0 Å². The van der Waals surface area contributed by atoms with Crippen LogP contribution in [0, 0.1) is 6.92 Å². The molecule has 4 nitrogen and oxygen atoms in total. The van der Waals surface area contributed by atoms with Crippen LogP contribution in [-0.4, -0.2) is 15.0 Å². The molecule has 0 aliphatic rings. The number of aryl methyl sites for hydroxylation is 1. The summed E-state index contributed by atoms with van der Waals surface area (Å²) in [5, 5.41) is 9.54. The van der Waals surface area contributed by atoms with Crippen LogP contribution >= 0.6 is 27.5 Å². The van der Waals surface area contributed by atoms with Crippen molar-refractivity contribution in [2.75, 3.05) is 5.73 Å². The zero-order valence-electron chi connectivity index (χ0n) is 10.1. The lowest BCUT2D eigenvalue weighted by atomic mass is 10.2. The third kappa shape index (κ3) is 2.09. The maximum absolute atomic E-state index is 6.12. The van der Waals surface area contributed by atoms with Crippen molar-refractivity contribution < 1.29 is 0 Å². The van der Waals surface area contributed by atoms with Crippen LogP contribution in [0.25, 0.3) is 16.7 Å². The molecule has 0 fully saturated rings. The van der Waals surface area contributed by atoms with Gasteiger partial charge in [-0.2, -0.15) is 4.80 Å². The first kappa shape index (κ1) is 12.4. The zero-order valence-corrected chi connectivity index (χ0v) is 12.4. The lowest BCUT2D eigenvalue weighted by molar-refractivity contribution is 0.765. The molecular weight excluding hydrogens is 328 g/mol. The Balaban J connectivity index is 2.20. The van der Waals surface area contributed by atoms with Gasteiger partial charge in [0.2, 0.25) is 0 Å². The second-order valence-electron chi connectivity index (χ2n) is 4.26. The summed E-state index contributed by atoms with van der Waals surface area (Å²) in [4.78, 5) is 1.56. The minimum atomic E-state index is 0.640. The SMILES string of the molecule is Cc1ccc(-n2nc3ccc(N)c(Br)c3n2)cc1Cl. The van der Waals surface area contributed by atoms with Crippen molar-refractivity contribution in [1.82, 2.24) is 15.0 Å². The summed E-state index contributed by atoms with van der Waals surface area (Å²) in [7, 11) is 0. The molecule has 0 aliphatic carbocycles. The first-order valence-corrected chi connectivity index (χ1v) is 6.81. The van der Waals surface area contributed by atoms with Crippen LogP contribution < -0.4 is 5.73 Å². The van der Waals surface area contributed by atoms with Crippen molar-refractivity contribution >= 4 is 44.3 Å². The molecule has 96 valence electrons. The summed E-state index contributed by atoms with van der Waals surface area (Å²) in [6.45, 7) is 1.95. The fourth-order valence-electron chi connectivity index (χ4n) is 1.79. The van der Waals surface area contributed by atoms with Crippen LogP contribution in [0.2, 0.25) is 5.02 Å². The smallest absolute Gasteiger partial charge is 0.129 e. The summed E-state index contributed by atoms with van der Waals surface area (Å²) < 4.78 is 0.759. The predicted molar refractivity (Wildman–Crippen MR) is 80.7 cm³/mol. The highest BCUT2D eigenvalue weighted by atomic mass is 79.9. The van der Waals surface area contributed by atoms with Crippen LogP contribution in [-0.2, 0) is 0 Å². The Hall–Kier alpha value is -1.59. The second kappa shape index (κ2) is 4.51. The summed E-state index contributed by atoms with van der Waals surface area (Å²) in [6.07, 6.45) is 0. The third-order valence-electron chi connectivity index (χ3n) is 2.91. The van der Waals surface area contributed by atoms with Crippen molar-refractivity contribution in [2.45, 2.75) is 6.92 Å². The lowest BCUT2D eigenvalue weighted by Gasteiger charge is -2.01. The van der Waals surface area contributed by atoms with Crippen LogP contribution in [0.5, 0.6) is 0 Å². The van der Waals surface area contributed by atoms with Gasteiger partial charge < -0.3 is 5.73 Å². The highest BCUT2D eigenvalue weighted by Crippen LogP contribution is 2.28. The Morgan fingerprint density at radius 1 is 1.21 bits per heavy atom. The monoisotopic (exact) mass is 336 g/mol. The molecule has 3 rings (SSSR count). The number of halogens is 2. The molecule has 0 unspecified atom stereocenters. The van der Waals surface area contributed by atoms with Crippen LogP contribution in [0.15, 0.2) is 34.8 Å². The predicted octanol–water partition coefficient (Wildman–Crippen LogP) is 3.73. The first-order chi connectivity index (χ1) is 9.06. The van der Waals surface area contributed by atoms with Gasteiger partial charge in [0.25, 0.3) is 0 Å². The number of rotatable bonds is 1. The van der Waals surface area contributed by atoms with E-state index in [1.54, 1.807) is 10.9 Å². The lowest BCUT2D eigenvalue weighted by Crippen LogP contribution is -1.98. The topological polar surface area (TPSA) is 56.7 Å². The molecule has 0 radical (unpaired) electrons.